The van der Waals surface area contributed by atoms with Crippen LogP contribution in [0.4, 0.5) is 0 Å². The molecule has 0 rings (SSSR count). The molecular weight excluding hydrogens is 268 g/mol. The zero-order chi connectivity index (χ0) is 15.0. The van der Waals surface area contributed by atoms with Crippen molar-refractivity contribution < 1.29 is 17.5 Å². The molecule has 0 spiro atoms. The molecule has 0 heterocycles. The van der Waals surface area contributed by atoms with Gasteiger partial charge in [0.2, 0.25) is 0 Å². The average Bonchev–Trinajstić information content (AvgIpc) is 2.29. The second-order valence-electron chi connectivity index (χ2n) is 3.38. The Balaban J connectivity index is 0. The predicted octanol–water partition coefficient (Wildman–Crippen LogP) is 0.975. The molecule has 0 aromatic carbocycles. The fraction of sp³-hybridized carbons (Fsp3) is 0.500. The monoisotopic (exact) mass is 290 g/mol. The Kier molecular flexibility index (Phi) is 15.8. The quantitative estimate of drug-likeness (QED) is 0.287. The van der Waals surface area contributed by atoms with Crippen LogP contribution in [0.1, 0.15) is 12.8 Å². The Morgan fingerprint density at radius 3 is 1.53 bits per heavy atom. The van der Waals surface area contributed by atoms with E-state index in [0.29, 0.717) is 0 Å². The molecule has 0 amide bonds. The van der Waals surface area contributed by atoms with E-state index in [2.05, 4.69) is 35.3 Å². The summed E-state index contributed by atoms with van der Waals surface area (Å²) in [6.07, 6.45) is 6.17. The van der Waals surface area contributed by atoms with Gasteiger partial charge in [-0.2, -0.15) is 8.42 Å². The summed E-state index contributed by atoms with van der Waals surface area (Å²) >= 11 is 0. The molecule has 19 heavy (non-hydrogen) atoms. The van der Waals surface area contributed by atoms with Crippen LogP contribution in [0.3, 0.4) is 0 Å². The Bertz CT molecular complexity index is 362. The molecule has 0 saturated heterocycles. The van der Waals surface area contributed by atoms with Gasteiger partial charge in [-0.15, -0.1) is 11.5 Å². The van der Waals surface area contributed by atoms with Crippen LogP contribution in [0.15, 0.2) is 36.8 Å². The Hall–Kier alpha value is -1.17. The summed E-state index contributed by atoms with van der Waals surface area (Å²) in [5.74, 6) is 0. The number of unbranched alkanes of at least 4 members (excludes halogenated alkanes) is 1. The SMILES string of the molecule is C=C=CCNCCCCNCC=C=C.O=S(=O)(O)O. The lowest BCUT2D eigenvalue weighted by Crippen LogP contribution is -2.18. The topological polar surface area (TPSA) is 98.7 Å². The smallest absolute Gasteiger partial charge is 0.313 e. The van der Waals surface area contributed by atoms with E-state index >= 15 is 0 Å². The van der Waals surface area contributed by atoms with E-state index in [-0.39, 0.29) is 0 Å². The highest BCUT2D eigenvalue weighted by Crippen LogP contribution is 1.83. The predicted molar refractivity (Wildman–Crippen MR) is 76.6 cm³/mol. The van der Waals surface area contributed by atoms with Crippen molar-refractivity contribution in [3.05, 3.63) is 36.8 Å². The summed E-state index contributed by atoms with van der Waals surface area (Å²) in [6.45, 7) is 10.8. The maximum atomic E-state index is 8.74. The molecule has 6 nitrogen and oxygen atoms in total. The Morgan fingerprint density at radius 2 is 1.26 bits per heavy atom. The summed E-state index contributed by atoms with van der Waals surface area (Å²) in [6, 6.07) is 0. The standard InChI is InChI=1S/C12H20N2.H2O4S/c1-3-5-9-13-11-7-8-12-14-10-6-4-2;1-5(2,3)4/h5-6,13-14H,1-2,7-12H2;(H2,1,2,3,4). The van der Waals surface area contributed by atoms with Crippen LogP contribution in [0.25, 0.3) is 0 Å². The highest BCUT2D eigenvalue weighted by atomic mass is 32.3. The van der Waals surface area contributed by atoms with Gasteiger partial charge < -0.3 is 10.6 Å². The first-order valence-corrected chi connectivity index (χ1v) is 7.11. The van der Waals surface area contributed by atoms with Crippen LogP contribution in [0.2, 0.25) is 0 Å². The summed E-state index contributed by atoms with van der Waals surface area (Å²) in [4.78, 5) is 0. The number of hydrogen-bond donors (Lipinski definition) is 4. The normalized spacial score (nSPS) is 9.58. The Labute approximate surface area is 115 Å². The minimum absolute atomic E-state index is 0.871. The summed E-state index contributed by atoms with van der Waals surface area (Å²) < 4.78 is 31.6. The van der Waals surface area contributed by atoms with Crippen molar-refractivity contribution in [2.75, 3.05) is 26.2 Å². The highest BCUT2D eigenvalue weighted by molar-refractivity contribution is 7.79. The van der Waals surface area contributed by atoms with Gasteiger partial charge in [-0.05, 0) is 38.1 Å². The van der Waals surface area contributed by atoms with Gasteiger partial charge in [0.15, 0.2) is 0 Å². The maximum Gasteiger partial charge on any atom is 0.394 e. The van der Waals surface area contributed by atoms with Crippen molar-refractivity contribution in [3.63, 3.8) is 0 Å². The van der Waals surface area contributed by atoms with Gasteiger partial charge in [0.05, 0.1) is 0 Å². The molecule has 110 valence electrons. The zero-order valence-corrected chi connectivity index (χ0v) is 11.7. The molecule has 0 aliphatic rings. The molecule has 0 fully saturated rings. The first kappa shape index (κ1) is 20.2. The van der Waals surface area contributed by atoms with Gasteiger partial charge in [-0.3, -0.25) is 9.11 Å². The molecule has 4 N–H and O–H groups in total. The van der Waals surface area contributed by atoms with Crippen molar-refractivity contribution in [1.29, 1.82) is 0 Å². The van der Waals surface area contributed by atoms with E-state index in [0.717, 1.165) is 26.2 Å². The molecule has 0 saturated carbocycles. The lowest BCUT2D eigenvalue weighted by molar-refractivity contribution is 0.381. The summed E-state index contributed by atoms with van der Waals surface area (Å²) in [7, 11) is -4.67. The van der Waals surface area contributed by atoms with Crippen molar-refractivity contribution in [2.24, 2.45) is 0 Å². The fourth-order valence-corrected chi connectivity index (χ4v) is 0.993. The minimum atomic E-state index is -4.67. The van der Waals surface area contributed by atoms with Gasteiger partial charge in [0, 0.05) is 13.1 Å². The number of nitrogens with one attached hydrogen (secondary N) is 2. The molecule has 0 aliphatic carbocycles. The molecule has 0 bridgehead atoms. The lowest BCUT2D eigenvalue weighted by atomic mass is 10.3. The zero-order valence-electron chi connectivity index (χ0n) is 10.9. The van der Waals surface area contributed by atoms with E-state index in [1.807, 2.05) is 12.2 Å². The van der Waals surface area contributed by atoms with Crippen molar-refractivity contribution in [3.8, 4) is 0 Å². The van der Waals surface area contributed by atoms with Crippen LogP contribution in [0, 0.1) is 0 Å². The largest absolute Gasteiger partial charge is 0.394 e. The van der Waals surface area contributed by atoms with Gasteiger partial charge in [0.1, 0.15) is 0 Å². The van der Waals surface area contributed by atoms with E-state index in [4.69, 9.17) is 17.5 Å². The molecule has 7 heteroatoms. The molecule has 0 aromatic heterocycles. The fourth-order valence-electron chi connectivity index (χ4n) is 0.993. The van der Waals surface area contributed by atoms with Crippen LogP contribution in [-0.4, -0.2) is 43.7 Å². The van der Waals surface area contributed by atoms with E-state index in [9.17, 15) is 0 Å². The van der Waals surface area contributed by atoms with Gasteiger partial charge in [-0.1, -0.05) is 13.2 Å². The molecule has 0 aliphatic heterocycles. The van der Waals surface area contributed by atoms with Crippen LogP contribution < -0.4 is 10.6 Å². The second-order valence-corrected chi connectivity index (χ2v) is 4.28. The third kappa shape index (κ3) is 38.3. The molecule has 0 aromatic rings. The van der Waals surface area contributed by atoms with Crippen molar-refractivity contribution >= 4 is 10.4 Å². The van der Waals surface area contributed by atoms with E-state index in [1.165, 1.54) is 12.8 Å². The first-order valence-electron chi connectivity index (χ1n) is 5.71. The lowest BCUT2D eigenvalue weighted by Gasteiger charge is -2.02. The maximum absolute atomic E-state index is 8.74. The van der Waals surface area contributed by atoms with Crippen molar-refractivity contribution in [2.45, 2.75) is 12.8 Å². The van der Waals surface area contributed by atoms with Gasteiger partial charge in [0.25, 0.3) is 0 Å². The number of rotatable bonds is 9. The minimum Gasteiger partial charge on any atom is -0.313 e. The average molecular weight is 290 g/mol. The Morgan fingerprint density at radius 1 is 0.947 bits per heavy atom. The molecule has 0 unspecified atom stereocenters. The molecule has 0 atom stereocenters. The summed E-state index contributed by atoms with van der Waals surface area (Å²) in [5, 5.41) is 6.54. The van der Waals surface area contributed by atoms with E-state index in [1.54, 1.807) is 0 Å². The van der Waals surface area contributed by atoms with Crippen LogP contribution in [-0.2, 0) is 10.4 Å². The van der Waals surface area contributed by atoms with Crippen molar-refractivity contribution in [1.82, 2.24) is 10.6 Å². The highest BCUT2D eigenvalue weighted by Gasteiger charge is 1.87. The second kappa shape index (κ2) is 14.9. The van der Waals surface area contributed by atoms with Crippen LogP contribution in [0.5, 0.6) is 0 Å². The third-order valence-corrected chi connectivity index (χ3v) is 1.74. The van der Waals surface area contributed by atoms with Gasteiger partial charge >= 0.3 is 10.4 Å². The number of hydrogen-bond acceptors (Lipinski definition) is 4. The first-order chi connectivity index (χ1) is 8.91. The van der Waals surface area contributed by atoms with Gasteiger partial charge in [-0.25, -0.2) is 0 Å². The molecular formula is C12H22N2O4S. The van der Waals surface area contributed by atoms with Crippen LogP contribution >= 0.6 is 0 Å². The molecule has 0 radical (unpaired) electrons. The van der Waals surface area contributed by atoms with E-state index < -0.39 is 10.4 Å². The summed E-state index contributed by atoms with van der Waals surface area (Å²) in [5.41, 5.74) is 5.45. The third-order valence-electron chi connectivity index (χ3n) is 1.74.